The fraction of sp³-hybridized carbons (Fsp3) is 0.231. The third-order valence-corrected chi connectivity index (χ3v) is 2.86. The minimum atomic E-state index is 0.767. The number of hydrogen-bond acceptors (Lipinski definition) is 3. The summed E-state index contributed by atoms with van der Waals surface area (Å²) in [5, 5.41) is 0. The Kier molecular flexibility index (Phi) is 3.74. The molecule has 0 N–H and O–H groups in total. The Morgan fingerprint density at radius 2 is 1.88 bits per heavy atom. The van der Waals surface area contributed by atoms with Crippen molar-refractivity contribution in [1.29, 1.82) is 0 Å². The van der Waals surface area contributed by atoms with E-state index in [9.17, 15) is 0 Å². The first-order valence-electron chi connectivity index (χ1n) is 5.54. The van der Waals surface area contributed by atoms with Gasteiger partial charge in [0.25, 0.3) is 0 Å². The topological polar surface area (TPSA) is 29.0 Å². The lowest BCUT2D eigenvalue weighted by atomic mass is 10.3. The predicted molar refractivity (Wildman–Crippen MR) is 73.6 cm³/mol. The molecule has 17 heavy (non-hydrogen) atoms. The van der Waals surface area contributed by atoms with Crippen molar-refractivity contribution in [2.45, 2.75) is 13.8 Å². The van der Waals surface area contributed by atoms with E-state index in [1.807, 2.05) is 31.2 Å². The summed E-state index contributed by atoms with van der Waals surface area (Å²) < 4.78 is 0.814. The maximum absolute atomic E-state index is 4.47. The van der Waals surface area contributed by atoms with Gasteiger partial charge in [-0.05, 0) is 41.9 Å². The Hall–Kier alpha value is -1.42. The number of hydrogen-bond donors (Lipinski definition) is 0. The van der Waals surface area contributed by atoms with Gasteiger partial charge in [0.1, 0.15) is 16.2 Å². The molecule has 1 heterocycles. The van der Waals surface area contributed by atoms with Crippen LogP contribution in [0.5, 0.6) is 0 Å². The zero-order valence-corrected chi connectivity index (χ0v) is 11.5. The van der Waals surface area contributed by atoms with E-state index in [-0.39, 0.29) is 0 Å². The molecule has 1 aromatic heterocycles. The maximum atomic E-state index is 4.47. The molecule has 0 fully saturated rings. The molecule has 4 heteroatoms. The van der Waals surface area contributed by atoms with E-state index in [2.05, 4.69) is 49.9 Å². The van der Waals surface area contributed by atoms with Crippen LogP contribution in [0.3, 0.4) is 0 Å². The molecule has 1 aromatic carbocycles. The second-order valence-corrected chi connectivity index (χ2v) is 4.49. The van der Waals surface area contributed by atoms with Gasteiger partial charge in [0.15, 0.2) is 0 Å². The predicted octanol–water partition coefficient (Wildman–Crippen LogP) is 3.71. The van der Waals surface area contributed by atoms with Crippen molar-refractivity contribution in [2.24, 2.45) is 0 Å². The molecule has 2 aromatic rings. The minimum Gasteiger partial charge on any atom is -0.327 e. The lowest BCUT2D eigenvalue weighted by Crippen LogP contribution is -2.17. The van der Waals surface area contributed by atoms with E-state index < -0.39 is 0 Å². The van der Waals surface area contributed by atoms with E-state index in [1.165, 1.54) is 0 Å². The summed E-state index contributed by atoms with van der Waals surface area (Å²) in [6.07, 6.45) is 0. The molecular weight excluding hydrogens is 278 g/mol. The van der Waals surface area contributed by atoms with Crippen LogP contribution in [-0.2, 0) is 0 Å². The van der Waals surface area contributed by atoms with Crippen molar-refractivity contribution in [1.82, 2.24) is 9.97 Å². The molecule has 0 unspecified atom stereocenters. The van der Waals surface area contributed by atoms with E-state index in [0.717, 1.165) is 28.5 Å². The fourth-order valence-corrected chi connectivity index (χ4v) is 2.20. The van der Waals surface area contributed by atoms with Gasteiger partial charge >= 0.3 is 0 Å². The fourth-order valence-electron chi connectivity index (χ4n) is 1.74. The number of aromatic nitrogens is 2. The summed E-state index contributed by atoms with van der Waals surface area (Å²) in [6.45, 7) is 4.87. The van der Waals surface area contributed by atoms with Crippen molar-refractivity contribution in [3.05, 3.63) is 46.8 Å². The molecule has 88 valence electrons. The first kappa shape index (κ1) is 12.0. The monoisotopic (exact) mass is 291 g/mol. The Bertz CT molecular complexity index is 479. The lowest BCUT2D eigenvalue weighted by molar-refractivity contribution is 0.943. The summed E-state index contributed by atoms with van der Waals surface area (Å²) >= 11 is 3.41. The van der Waals surface area contributed by atoms with E-state index in [1.54, 1.807) is 0 Å². The number of benzene rings is 1. The lowest BCUT2D eigenvalue weighted by Gasteiger charge is -2.22. The second-order valence-electron chi connectivity index (χ2n) is 3.68. The van der Waals surface area contributed by atoms with Gasteiger partial charge in [-0.2, -0.15) is 0 Å². The molecular formula is C13H14BrN3. The highest BCUT2D eigenvalue weighted by atomic mass is 79.9. The number of aryl methyl sites for hydroxylation is 1. The van der Waals surface area contributed by atoms with Crippen LogP contribution < -0.4 is 4.90 Å². The van der Waals surface area contributed by atoms with Gasteiger partial charge in [0, 0.05) is 18.3 Å². The van der Waals surface area contributed by atoms with Crippen LogP contribution >= 0.6 is 15.9 Å². The number of para-hydroxylation sites is 1. The molecule has 0 aliphatic heterocycles. The molecule has 0 saturated carbocycles. The van der Waals surface area contributed by atoms with Crippen LogP contribution in [0.2, 0.25) is 0 Å². The number of anilines is 2. The van der Waals surface area contributed by atoms with Crippen molar-refractivity contribution in [2.75, 3.05) is 11.4 Å². The Balaban J connectivity index is 2.42. The van der Waals surface area contributed by atoms with Crippen molar-refractivity contribution >= 4 is 27.4 Å². The number of halogens is 1. The second kappa shape index (κ2) is 5.27. The smallest absolute Gasteiger partial charge is 0.137 e. The molecule has 0 spiro atoms. The highest BCUT2D eigenvalue weighted by Gasteiger charge is 2.09. The number of rotatable bonds is 3. The molecule has 0 aliphatic rings. The minimum absolute atomic E-state index is 0.767. The summed E-state index contributed by atoms with van der Waals surface area (Å²) in [4.78, 5) is 10.8. The van der Waals surface area contributed by atoms with Crippen molar-refractivity contribution in [3.8, 4) is 0 Å². The largest absolute Gasteiger partial charge is 0.327 e. The average molecular weight is 292 g/mol. The average Bonchev–Trinajstić information content (AvgIpc) is 2.30. The SMILES string of the molecule is CCN(c1ccccc1)c1cc(Br)nc(C)n1. The van der Waals surface area contributed by atoms with Gasteiger partial charge < -0.3 is 4.90 Å². The third kappa shape index (κ3) is 2.82. The van der Waals surface area contributed by atoms with Crippen LogP contribution in [0, 0.1) is 6.92 Å². The van der Waals surface area contributed by atoms with Crippen molar-refractivity contribution in [3.63, 3.8) is 0 Å². The molecule has 0 amide bonds. The quantitative estimate of drug-likeness (QED) is 0.808. The van der Waals surface area contributed by atoms with Crippen LogP contribution in [0.4, 0.5) is 11.5 Å². The first-order chi connectivity index (χ1) is 8.20. The molecule has 2 rings (SSSR count). The van der Waals surface area contributed by atoms with Crippen LogP contribution in [-0.4, -0.2) is 16.5 Å². The summed E-state index contributed by atoms with van der Waals surface area (Å²) in [6, 6.07) is 12.2. The first-order valence-corrected chi connectivity index (χ1v) is 6.33. The highest BCUT2D eigenvalue weighted by Crippen LogP contribution is 2.24. The maximum Gasteiger partial charge on any atom is 0.137 e. The molecule has 0 bridgehead atoms. The molecule has 3 nitrogen and oxygen atoms in total. The highest BCUT2D eigenvalue weighted by molar-refractivity contribution is 9.10. The molecule has 0 saturated heterocycles. The zero-order chi connectivity index (χ0) is 12.3. The zero-order valence-electron chi connectivity index (χ0n) is 9.89. The van der Waals surface area contributed by atoms with Crippen LogP contribution in [0.25, 0.3) is 0 Å². The molecule has 0 radical (unpaired) electrons. The van der Waals surface area contributed by atoms with E-state index in [4.69, 9.17) is 0 Å². The normalized spacial score (nSPS) is 10.3. The van der Waals surface area contributed by atoms with Gasteiger partial charge in [-0.3, -0.25) is 0 Å². The Morgan fingerprint density at radius 1 is 1.18 bits per heavy atom. The molecule has 0 atom stereocenters. The summed E-state index contributed by atoms with van der Waals surface area (Å²) in [5.74, 6) is 1.68. The third-order valence-electron chi connectivity index (χ3n) is 2.45. The van der Waals surface area contributed by atoms with Gasteiger partial charge in [-0.25, -0.2) is 9.97 Å². The molecule has 0 aliphatic carbocycles. The van der Waals surface area contributed by atoms with Crippen LogP contribution in [0.1, 0.15) is 12.7 Å². The van der Waals surface area contributed by atoms with E-state index in [0.29, 0.717) is 0 Å². The standard InChI is InChI=1S/C13H14BrN3/c1-3-17(11-7-5-4-6-8-11)13-9-12(14)15-10(2)16-13/h4-9H,3H2,1-2H3. The van der Waals surface area contributed by atoms with Gasteiger partial charge in [0.2, 0.25) is 0 Å². The number of nitrogens with zero attached hydrogens (tertiary/aromatic N) is 3. The van der Waals surface area contributed by atoms with Gasteiger partial charge in [-0.15, -0.1) is 0 Å². The Morgan fingerprint density at radius 3 is 2.47 bits per heavy atom. The Labute approximate surface area is 110 Å². The van der Waals surface area contributed by atoms with Gasteiger partial charge in [0.05, 0.1) is 0 Å². The van der Waals surface area contributed by atoms with Gasteiger partial charge in [-0.1, -0.05) is 18.2 Å². The summed E-state index contributed by atoms with van der Waals surface area (Å²) in [5.41, 5.74) is 1.14. The summed E-state index contributed by atoms with van der Waals surface area (Å²) in [7, 11) is 0. The van der Waals surface area contributed by atoms with Crippen molar-refractivity contribution < 1.29 is 0 Å². The van der Waals surface area contributed by atoms with E-state index >= 15 is 0 Å². The van der Waals surface area contributed by atoms with Crippen LogP contribution in [0.15, 0.2) is 41.0 Å².